The monoisotopic (exact) mass is 259 g/mol. The lowest BCUT2D eigenvalue weighted by molar-refractivity contribution is 0.224. The Kier molecular flexibility index (Phi) is 4.92. The van der Waals surface area contributed by atoms with Crippen LogP contribution in [-0.4, -0.2) is 56.6 Å². The van der Waals surface area contributed by atoms with Crippen molar-refractivity contribution in [2.45, 2.75) is 25.0 Å². The van der Waals surface area contributed by atoms with Gasteiger partial charge < -0.3 is 4.90 Å². The van der Waals surface area contributed by atoms with Crippen molar-refractivity contribution in [3.8, 4) is 6.07 Å². The topological polar surface area (TPSA) is 64.4 Å². The Morgan fingerprint density at radius 2 is 1.94 bits per heavy atom. The first kappa shape index (κ1) is 14.4. The number of hydrogen-bond donors (Lipinski definition) is 0. The fourth-order valence-corrected chi connectivity index (χ4v) is 3.45. The molecule has 0 spiro atoms. The Bertz CT molecular complexity index is 378. The maximum Gasteiger partial charge on any atom is 0.230 e. The summed E-state index contributed by atoms with van der Waals surface area (Å²) in [7, 11) is 0.652. The van der Waals surface area contributed by atoms with E-state index in [1.807, 2.05) is 20.2 Å². The summed E-state index contributed by atoms with van der Waals surface area (Å²) < 4.78 is 25.3. The van der Waals surface area contributed by atoms with E-state index in [0.717, 1.165) is 19.4 Å². The van der Waals surface area contributed by atoms with Crippen molar-refractivity contribution in [2.24, 2.45) is 5.92 Å². The quantitative estimate of drug-likeness (QED) is 0.737. The molecule has 0 aliphatic carbocycles. The highest BCUT2D eigenvalue weighted by molar-refractivity contribution is 7.89. The van der Waals surface area contributed by atoms with Crippen molar-refractivity contribution < 1.29 is 8.42 Å². The van der Waals surface area contributed by atoms with E-state index in [1.165, 1.54) is 11.2 Å². The van der Waals surface area contributed by atoms with E-state index in [2.05, 4.69) is 4.90 Å². The Morgan fingerprint density at radius 3 is 2.35 bits per heavy atom. The molecule has 0 radical (unpaired) electrons. The molecular weight excluding hydrogens is 238 g/mol. The molecule has 98 valence electrons. The molecule has 1 rings (SSSR count). The summed E-state index contributed by atoms with van der Waals surface area (Å²) in [6.45, 7) is 3.54. The zero-order valence-corrected chi connectivity index (χ0v) is 11.6. The van der Waals surface area contributed by atoms with Gasteiger partial charge >= 0.3 is 0 Å². The minimum absolute atomic E-state index is 0.548. The van der Waals surface area contributed by atoms with Crippen molar-refractivity contribution in [3.05, 3.63) is 0 Å². The van der Waals surface area contributed by atoms with Crippen LogP contribution in [0.25, 0.3) is 0 Å². The Labute approximate surface area is 104 Å². The van der Waals surface area contributed by atoms with Crippen LogP contribution in [0.1, 0.15) is 19.8 Å². The molecule has 0 N–H and O–H groups in total. The number of nitrogens with zero attached hydrogens (tertiary/aromatic N) is 3. The van der Waals surface area contributed by atoms with Gasteiger partial charge in [0.25, 0.3) is 0 Å². The van der Waals surface area contributed by atoms with Gasteiger partial charge in [0.2, 0.25) is 10.0 Å². The van der Waals surface area contributed by atoms with E-state index in [0.29, 0.717) is 19.0 Å². The maximum atomic E-state index is 11.9. The lowest BCUT2D eigenvalue weighted by Gasteiger charge is -2.32. The van der Waals surface area contributed by atoms with Crippen molar-refractivity contribution >= 4 is 10.0 Å². The largest absolute Gasteiger partial charge is 0.309 e. The summed E-state index contributed by atoms with van der Waals surface area (Å²) in [6, 6.07) is 1.81. The Balaban J connectivity index is 2.56. The zero-order valence-electron chi connectivity index (χ0n) is 10.8. The molecule has 1 aliphatic rings. The summed E-state index contributed by atoms with van der Waals surface area (Å²) in [5.41, 5.74) is 0. The van der Waals surface area contributed by atoms with E-state index < -0.39 is 15.3 Å². The number of rotatable bonds is 4. The molecule has 1 atom stereocenters. The smallest absolute Gasteiger partial charge is 0.230 e. The highest BCUT2D eigenvalue weighted by Gasteiger charge is 2.32. The van der Waals surface area contributed by atoms with Gasteiger partial charge in [-0.05, 0) is 39.8 Å². The van der Waals surface area contributed by atoms with Crippen LogP contribution in [0.2, 0.25) is 0 Å². The molecule has 0 aromatic carbocycles. The minimum atomic E-state index is -3.41. The number of sulfonamides is 1. The van der Waals surface area contributed by atoms with Gasteiger partial charge in [-0.25, -0.2) is 12.7 Å². The van der Waals surface area contributed by atoms with Gasteiger partial charge in [-0.2, -0.15) is 5.26 Å². The third kappa shape index (κ3) is 3.66. The molecule has 0 saturated carbocycles. The summed E-state index contributed by atoms with van der Waals surface area (Å²) >= 11 is 0. The summed E-state index contributed by atoms with van der Waals surface area (Å²) in [4.78, 5) is 2.13. The molecule has 1 heterocycles. The van der Waals surface area contributed by atoms with Crippen molar-refractivity contribution in [2.75, 3.05) is 33.7 Å². The van der Waals surface area contributed by atoms with Crippen LogP contribution < -0.4 is 0 Å². The second-order valence-electron chi connectivity index (χ2n) is 4.92. The van der Waals surface area contributed by atoms with E-state index >= 15 is 0 Å². The Morgan fingerprint density at radius 1 is 1.41 bits per heavy atom. The lowest BCUT2D eigenvalue weighted by atomic mass is 9.98. The summed E-state index contributed by atoms with van der Waals surface area (Å²) in [5, 5.41) is 7.77. The standard InChI is InChI=1S/C11H21N3O2S/c1-10(8-12)17(15,16)14-6-4-11(5-7-14)9-13(2)3/h10-11H,4-7,9H2,1-3H3. The van der Waals surface area contributed by atoms with E-state index in [1.54, 1.807) is 0 Å². The van der Waals surface area contributed by atoms with E-state index in [-0.39, 0.29) is 0 Å². The molecule has 0 amide bonds. The number of piperidine rings is 1. The highest BCUT2D eigenvalue weighted by Crippen LogP contribution is 2.21. The molecule has 6 heteroatoms. The predicted molar refractivity (Wildman–Crippen MR) is 66.8 cm³/mol. The van der Waals surface area contributed by atoms with Crippen LogP contribution >= 0.6 is 0 Å². The molecule has 1 saturated heterocycles. The van der Waals surface area contributed by atoms with Crippen LogP contribution in [0.5, 0.6) is 0 Å². The fourth-order valence-electron chi connectivity index (χ4n) is 2.15. The molecular formula is C11H21N3O2S. The van der Waals surface area contributed by atoms with Crippen LogP contribution in [0.4, 0.5) is 0 Å². The van der Waals surface area contributed by atoms with Gasteiger partial charge in [-0.15, -0.1) is 0 Å². The van der Waals surface area contributed by atoms with Gasteiger partial charge in [0, 0.05) is 19.6 Å². The molecule has 0 aromatic heterocycles. The van der Waals surface area contributed by atoms with Crippen LogP contribution in [0, 0.1) is 17.2 Å². The normalized spacial score (nSPS) is 21.4. The lowest BCUT2D eigenvalue weighted by Crippen LogP contribution is -2.43. The summed E-state index contributed by atoms with van der Waals surface area (Å²) in [6.07, 6.45) is 1.77. The highest BCUT2D eigenvalue weighted by atomic mass is 32.2. The third-order valence-electron chi connectivity index (χ3n) is 3.19. The third-order valence-corrected chi connectivity index (χ3v) is 5.27. The van der Waals surface area contributed by atoms with Crippen LogP contribution in [-0.2, 0) is 10.0 Å². The second kappa shape index (κ2) is 5.80. The van der Waals surface area contributed by atoms with Crippen molar-refractivity contribution in [1.29, 1.82) is 5.26 Å². The average molecular weight is 259 g/mol. The summed E-state index contributed by atoms with van der Waals surface area (Å²) in [5.74, 6) is 0.564. The van der Waals surface area contributed by atoms with Gasteiger partial charge in [-0.3, -0.25) is 0 Å². The molecule has 1 fully saturated rings. The molecule has 1 aliphatic heterocycles. The van der Waals surface area contributed by atoms with Gasteiger partial charge in [-0.1, -0.05) is 0 Å². The van der Waals surface area contributed by atoms with E-state index in [9.17, 15) is 8.42 Å². The minimum Gasteiger partial charge on any atom is -0.309 e. The van der Waals surface area contributed by atoms with E-state index in [4.69, 9.17) is 5.26 Å². The predicted octanol–water partition coefficient (Wildman–Crippen LogP) is 0.502. The molecule has 1 unspecified atom stereocenters. The van der Waals surface area contributed by atoms with Crippen LogP contribution in [0.15, 0.2) is 0 Å². The average Bonchev–Trinajstić information content (AvgIpc) is 2.27. The fraction of sp³-hybridized carbons (Fsp3) is 0.909. The molecule has 0 bridgehead atoms. The van der Waals surface area contributed by atoms with Gasteiger partial charge in [0.1, 0.15) is 0 Å². The molecule has 5 nitrogen and oxygen atoms in total. The molecule has 0 aromatic rings. The first-order valence-corrected chi connectivity index (χ1v) is 7.41. The van der Waals surface area contributed by atoms with Crippen molar-refractivity contribution in [3.63, 3.8) is 0 Å². The first-order chi connectivity index (χ1) is 7.87. The number of nitriles is 1. The van der Waals surface area contributed by atoms with Gasteiger partial charge in [0.15, 0.2) is 5.25 Å². The second-order valence-corrected chi connectivity index (χ2v) is 7.17. The zero-order chi connectivity index (χ0) is 13.1. The number of hydrogen-bond acceptors (Lipinski definition) is 4. The SMILES string of the molecule is CC(C#N)S(=O)(=O)N1CCC(CN(C)C)CC1. The van der Waals surface area contributed by atoms with Gasteiger partial charge in [0.05, 0.1) is 6.07 Å². The van der Waals surface area contributed by atoms with Crippen LogP contribution in [0.3, 0.4) is 0 Å². The maximum absolute atomic E-state index is 11.9. The Hall–Kier alpha value is -0.640. The first-order valence-electron chi connectivity index (χ1n) is 5.91. The molecule has 17 heavy (non-hydrogen) atoms. The van der Waals surface area contributed by atoms with Crippen molar-refractivity contribution in [1.82, 2.24) is 9.21 Å².